The Hall–Kier alpha value is -1.86. The Balaban J connectivity index is 0.00000324. The summed E-state index contributed by atoms with van der Waals surface area (Å²) >= 11 is 0. The van der Waals surface area contributed by atoms with Crippen LogP contribution in [-0.2, 0) is 16.0 Å². The van der Waals surface area contributed by atoms with Crippen molar-refractivity contribution in [2.24, 2.45) is 5.73 Å². The van der Waals surface area contributed by atoms with Gasteiger partial charge in [-0.25, -0.2) is 0 Å². The Bertz CT molecular complexity index is 490. The molecule has 0 aromatic heterocycles. The molecule has 19 heavy (non-hydrogen) atoms. The van der Waals surface area contributed by atoms with Gasteiger partial charge in [0.05, 0.1) is 12.0 Å². The molecule has 1 atom stereocenters. The molecule has 0 bridgehead atoms. The van der Waals surface area contributed by atoms with Crippen molar-refractivity contribution in [2.45, 2.75) is 18.9 Å². The number of aromatic hydroxyl groups is 1. The Labute approximate surface area is 115 Å². The van der Waals surface area contributed by atoms with E-state index in [1.807, 2.05) is 0 Å². The maximum Gasteiger partial charge on any atom is 0.325 e. The van der Waals surface area contributed by atoms with Crippen LogP contribution in [0.15, 0.2) is 18.2 Å². The summed E-state index contributed by atoms with van der Waals surface area (Å²) in [7, 11) is 1.21. The third kappa shape index (κ3) is 4.08. The Morgan fingerprint density at radius 1 is 1.58 bits per heavy atom. The van der Waals surface area contributed by atoms with Crippen molar-refractivity contribution in [3.8, 4) is 5.75 Å². The van der Waals surface area contributed by atoms with Crippen LogP contribution < -0.4 is 5.73 Å². The van der Waals surface area contributed by atoms with E-state index in [1.165, 1.54) is 32.2 Å². The van der Waals surface area contributed by atoms with Crippen molar-refractivity contribution < 1.29 is 19.6 Å². The normalized spacial score (nSPS) is 13.0. The van der Waals surface area contributed by atoms with E-state index in [9.17, 15) is 20.0 Å². The van der Waals surface area contributed by atoms with Crippen LogP contribution in [0.4, 0.5) is 5.69 Å². The molecule has 3 N–H and O–H groups in total. The number of nitro benzene ring substituents is 1. The van der Waals surface area contributed by atoms with E-state index in [0.29, 0.717) is 5.56 Å². The zero-order valence-corrected chi connectivity index (χ0v) is 11.3. The SMILES string of the molecule is COC(=O)[C@](C)(N)Cc1ccc(O)c([N+](=O)[O-])c1.Cl. The molecule has 0 fully saturated rings. The number of methoxy groups -OCH3 is 1. The van der Waals surface area contributed by atoms with E-state index in [-0.39, 0.29) is 18.8 Å². The number of halogens is 1. The van der Waals surface area contributed by atoms with Gasteiger partial charge in [-0.05, 0) is 18.6 Å². The molecule has 0 radical (unpaired) electrons. The molecule has 8 heteroatoms. The third-order valence-electron chi connectivity index (χ3n) is 2.46. The number of phenolic OH excluding ortho intramolecular Hbond substituents is 1. The zero-order valence-electron chi connectivity index (χ0n) is 10.5. The van der Waals surface area contributed by atoms with E-state index in [0.717, 1.165) is 0 Å². The van der Waals surface area contributed by atoms with Gasteiger partial charge in [-0.3, -0.25) is 14.9 Å². The van der Waals surface area contributed by atoms with Gasteiger partial charge in [0.2, 0.25) is 0 Å². The quantitative estimate of drug-likeness (QED) is 0.488. The Morgan fingerprint density at radius 2 is 2.16 bits per heavy atom. The summed E-state index contributed by atoms with van der Waals surface area (Å²) in [4.78, 5) is 21.3. The van der Waals surface area contributed by atoms with Crippen LogP contribution in [-0.4, -0.2) is 28.6 Å². The highest BCUT2D eigenvalue weighted by atomic mass is 35.5. The summed E-state index contributed by atoms with van der Waals surface area (Å²) in [6.07, 6.45) is 0.0702. The Morgan fingerprint density at radius 3 is 2.63 bits per heavy atom. The fourth-order valence-corrected chi connectivity index (χ4v) is 1.55. The summed E-state index contributed by atoms with van der Waals surface area (Å²) in [5.74, 6) is -1.04. The number of hydrogen-bond acceptors (Lipinski definition) is 6. The van der Waals surface area contributed by atoms with Crippen LogP contribution in [0.3, 0.4) is 0 Å². The molecule has 1 aromatic carbocycles. The number of nitro groups is 1. The summed E-state index contributed by atoms with van der Waals surface area (Å²) in [6.45, 7) is 1.47. The highest BCUT2D eigenvalue weighted by molar-refractivity contribution is 5.85. The van der Waals surface area contributed by atoms with Crippen molar-refractivity contribution in [2.75, 3.05) is 7.11 Å². The van der Waals surface area contributed by atoms with Crippen molar-refractivity contribution in [3.63, 3.8) is 0 Å². The Kier molecular flexibility index (Phi) is 5.73. The van der Waals surface area contributed by atoms with Gasteiger partial charge >= 0.3 is 11.7 Å². The van der Waals surface area contributed by atoms with E-state index >= 15 is 0 Å². The zero-order chi connectivity index (χ0) is 13.9. The second-order valence-electron chi connectivity index (χ2n) is 4.17. The van der Waals surface area contributed by atoms with Crippen LogP contribution in [0.25, 0.3) is 0 Å². The first-order valence-electron chi connectivity index (χ1n) is 5.11. The smallest absolute Gasteiger partial charge is 0.325 e. The van der Waals surface area contributed by atoms with Crippen LogP contribution in [0.5, 0.6) is 5.75 Å². The van der Waals surface area contributed by atoms with E-state index < -0.39 is 27.9 Å². The first-order valence-corrected chi connectivity index (χ1v) is 5.11. The number of hydrogen-bond donors (Lipinski definition) is 2. The molecule has 0 saturated carbocycles. The molecule has 0 amide bonds. The minimum absolute atomic E-state index is 0. The first kappa shape index (κ1) is 17.1. The molecule has 0 spiro atoms. The van der Waals surface area contributed by atoms with Crippen LogP contribution in [0.2, 0.25) is 0 Å². The fourth-order valence-electron chi connectivity index (χ4n) is 1.55. The minimum atomic E-state index is -1.28. The molecular weight excluding hydrogens is 276 g/mol. The van der Waals surface area contributed by atoms with Crippen molar-refractivity contribution in [1.29, 1.82) is 0 Å². The highest BCUT2D eigenvalue weighted by Crippen LogP contribution is 2.27. The number of nitrogens with two attached hydrogens (primary N) is 1. The second kappa shape index (κ2) is 6.35. The summed E-state index contributed by atoms with van der Waals surface area (Å²) < 4.78 is 4.54. The number of rotatable bonds is 4. The maximum absolute atomic E-state index is 11.4. The molecule has 0 heterocycles. The van der Waals surface area contributed by atoms with Gasteiger partial charge in [0, 0.05) is 12.5 Å². The average Bonchev–Trinajstić information content (AvgIpc) is 2.29. The number of ether oxygens (including phenoxy) is 1. The van der Waals surface area contributed by atoms with Gasteiger partial charge in [-0.15, -0.1) is 12.4 Å². The summed E-state index contributed by atoms with van der Waals surface area (Å²) in [5.41, 5.74) is 4.53. The summed E-state index contributed by atoms with van der Waals surface area (Å²) in [6, 6.07) is 3.85. The predicted molar refractivity (Wildman–Crippen MR) is 70.3 cm³/mol. The lowest BCUT2D eigenvalue weighted by Crippen LogP contribution is -2.47. The predicted octanol–water partition coefficient (Wildman–Crippen LogP) is 1.16. The fraction of sp³-hybridized carbons (Fsp3) is 0.364. The van der Waals surface area contributed by atoms with Gasteiger partial charge in [-0.1, -0.05) is 6.07 Å². The van der Waals surface area contributed by atoms with E-state index in [2.05, 4.69) is 4.74 Å². The number of benzene rings is 1. The van der Waals surface area contributed by atoms with Crippen molar-refractivity contribution >= 4 is 24.1 Å². The molecule has 0 aliphatic carbocycles. The van der Waals surface area contributed by atoms with Gasteiger partial charge in [0.25, 0.3) is 0 Å². The van der Waals surface area contributed by atoms with Crippen LogP contribution in [0, 0.1) is 10.1 Å². The number of carbonyl (C=O) groups is 1. The lowest BCUT2D eigenvalue weighted by molar-refractivity contribution is -0.385. The molecule has 106 valence electrons. The highest BCUT2D eigenvalue weighted by Gasteiger charge is 2.30. The monoisotopic (exact) mass is 290 g/mol. The van der Waals surface area contributed by atoms with Gasteiger partial charge in [0.1, 0.15) is 5.54 Å². The lowest BCUT2D eigenvalue weighted by Gasteiger charge is -2.21. The molecule has 0 aliphatic heterocycles. The van der Waals surface area contributed by atoms with Crippen molar-refractivity contribution in [1.82, 2.24) is 0 Å². The average molecular weight is 291 g/mol. The molecule has 1 aromatic rings. The van der Waals surface area contributed by atoms with Gasteiger partial charge in [0.15, 0.2) is 5.75 Å². The third-order valence-corrected chi connectivity index (χ3v) is 2.46. The van der Waals surface area contributed by atoms with Crippen LogP contribution >= 0.6 is 12.4 Å². The number of carbonyl (C=O) groups excluding carboxylic acids is 1. The first-order chi connectivity index (χ1) is 8.27. The molecule has 1 rings (SSSR count). The molecule has 7 nitrogen and oxygen atoms in total. The lowest BCUT2D eigenvalue weighted by atomic mass is 9.94. The maximum atomic E-state index is 11.4. The van der Waals surface area contributed by atoms with E-state index in [1.54, 1.807) is 0 Å². The summed E-state index contributed by atoms with van der Waals surface area (Å²) in [5, 5.41) is 19.9. The second-order valence-corrected chi connectivity index (χ2v) is 4.17. The molecular formula is C11H15ClN2O5. The standard InChI is InChI=1S/C11H14N2O5.ClH/c1-11(12,10(15)18-2)6-7-3-4-9(14)8(5-7)13(16)17;/h3-5,14H,6,12H2,1-2H3;1H/t11-;/m1./s1. The van der Waals surface area contributed by atoms with Gasteiger partial charge in [-0.2, -0.15) is 0 Å². The number of esters is 1. The minimum Gasteiger partial charge on any atom is -0.502 e. The number of phenols is 1. The number of nitrogens with zero attached hydrogens (tertiary/aromatic N) is 1. The largest absolute Gasteiger partial charge is 0.502 e. The molecule has 0 saturated heterocycles. The molecule has 0 aliphatic rings. The topological polar surface area (TPSA) is 116 Å². The van der Waals surface area contributed by atoms with Gasteiger partial charge < -0.3 is 15.6 Å². The van der Waals surface area contributed by atoms with Crippen molar-refractivity contribution in [3.05, 3.63) is 33.9 Å². The van der Waals surface area contributed by atoms with Crippen LogP contribution in [0.1, 0.15) is 12.5 Å². The molecule has 0 unspecified atom stereocenters. The van der Waals surface area contributed by atoms with E-state index in [4.69, 9.17) is 5.73 Å².